The largest absolute Gasteiger partial charge is 0.508 e. The second kappa shape index (κ2) is 9.94. The molecule has 3 aromatic rings. The number of hydrogen-bond donors (Lipinski definition) is 2. The lowest BCUT2D eigenvalue weighted by atomic mass is 9.86. The third-order valence-electron chi connectivity index (χ3n) is 7.10. The van der Waals surface area contributed by atoms with Crippen molar-refractivity contribution in [2.24, 2.45) is 0 Å². The molecule has 170 valence electrons. The van der Waals surface area contributed by atoms with Crippen LogP contribution < -0.4 is 0 Å². The number of phenolic OH excluding ortho intramolecular Hbond substituents is 1. The van der Waals surface area contributed by atoms with Crippen molar-refractivity contribution in [2.75, 3.05) is 19.7 Å². The summed E-state index contributed by atoms with van der Waals surface area (Å²) in [5, 5.41) is 19.8. The lowest BCUT2D eigenvalue weighted by molar-refractivity contribution is 0.290. The summed E-state index contributed by atoms with van der Waals surface area (Å²) in [5.74, 6) is 0.887. The molecule has 1 heterocycles. The Balaban J connectivity index is 1.54. The first-order valence-corrected chi connectivity index (χ1v) is 12.3. The second-order valence-electron chi connectivity index (χ2n) is 9.43. The topological polar surface area (TPSA) is 43.7 Å². The molecule has 0 amide bonds. The van der Waals surface area contributed by atoms with Crippen LogP contribution in [-0.4, -0.2) is 40.9 Å². The summed E-state index contributed by atoms with van der Waals surface area (Å²) in [7, 11) is 0. The number of aromatic hydroxyl groups is 1. The van der Waals surface area contributed by atoms with Gasteiger partial charge in [-0.15, -0.1) is 0 Å². The summed E-state index contributed by atoms with van der Waals surface area (Å²) >= 11 is 0. The van der Waals surface area contributed by atoms with E-state index in [2.05, 4.69) is 59.5 Å². The highest BCUT2D eigenvalue weighted by Gasteiger charge is 2.34. The summed E-state index contributed by atoms with van der Waals surface area (Å²) < 4.78 is 0. The van der Waals surface area contributed by atoms with Crippen LogP contribution in [0.1, 0.15) is 60.3 Å². The fourth-order valence-corrected chi connectivity index (χ4v) is 5.24. The Hall–Kier alpha value is -2.88. The van der Waals surface area contributed by atoms with Gasteiger partial charge in [0.2, 0.25) is 0 Å². The molecule has 1 aliphatic heterocycles. The second-order valence-corrected chi connectivity index (χ2v) is 9.43. The number of nitrogens with zero attached hydrogens (tertiary/aromatic N) is 1. The van der Waals surface area contributed by atoms with Crippen molar-refractivity contribution in [1.29, 1.82) is 0 Å². The van der Waals surface area contributed by atoms with Crippen molar-refractivity contribution >= 4 is 11.1 Å². The van der Waals surface area contributed by atoms with Crippen molar-refractivity contribution in [3.63, 3.8) is 0 Å². The van der Waals surface area contributed by atoms with Crippen LogP contribution in [0.3, 0.4) is 0 Å². The standard InChI is InChI=1S/C30H33NO2/c32-19-5-10-29(23-6-2-1-3-7-23)30(25-8-4-9-28(33)20-25)24-13-11-22(12-14-24)26-17-18-31(21-26)27-15-16-27/h1-4,6-9,11-14,20,26-27,32-33H,5,10,15-19,21H2. The average Bonchev–Trinajstić information content (AvgIpc) is 3.59. The van der Waals surface area contributed by atoms with Crippen LogP contribution in [0.4, 0.5) is 0 Å². The monoisotopic (exact) mass is 439 g/mol. The van der Waals surface area contributed by atoms with Crippen LogP contribution in [0.2, 0.25) is 0 Å². The molecule has 1 atom stereocenters. The third kappa shape index (κ3) is 5.05. The molecule has 3 heteroatoms. The zero-order valence-corrected chi connectivity index (χ0v) is 19.2. The van der Waals surface area contributed by atoms with Crippen LogP contribution in [-0.2, 0) is 0 Å². The Kier molecular flexibility index (Phi) is 6.61. The highest BCUT2D eigenvalue weighted by molar-refractivity contribution is 5.98. The highest BCUT2D eigenvalue weighted by atomic mass is 16.3. The first kappa shape index (κ1) is 21.9. The van der Waals surface area contributed by atoms with Gasteiger partial charge >= 0.3 is 0 Å². The molecule has 0 spiro atoms. The normalized spacial score (nSPS) is 19.5. The molecule has 1 unspecified atom stereocenters. The molecule has 0 aromatic heterocycles. The van der Waals surface area contributed by atoms with Gasteiger partial charge in [0.05, 0.1) is 0 Å². The molecular formula is C30H33NO2. The molecule has 5 rings (SSSR count). The maximum absolute atomic E-state index is 10.2. The van der Waals surface area contributed by atoms with Crippen molar-refractivity contribution in [3.8, 4) is 5.75 Å². The van der Waals surface area contributed by atoms with E-state index in [0.29, 0.717) is 12.3 Å². The summed E-state index contributed by atoms with van der Waals surface area (Å²) in [6.07, 6.45) is 5.46. The zero-order valence-electron chi connectivity index (χ0n) is 19.2. The lowest BCUT2D eigenvalue weighted by Gasteiger charge is -2.19. The number of rotatable bonds is 8. The molecule has 0 radical (unpaired) electrons. The van der Waals surface area contributed by atoms with Gasteiger partial charge in [-0.2, -0.15) is 0 Å². The van der Waals surface area contributed by atoms with Crippen LogP contribution in [0.15, 0.2) is 78.9 Å². The molecular weight excluding hydrogens is 406 g/mol. The van der Waals surface area contributed by atoms with Crippen molar-refractivity contribution in [3.05, 3.63) is 101 Å². The fourth-order valence-electron chi connectivity index (χ4n) is 5.24. The Morgan fingerprint density at radius 3 is 2.27 bits per heavy atom. The van der Waals surface area contributed by atoms with Crippen molar-refractivity contribution < 1.29 is 10.2 Å². The number of likely N-dealkylation sites (tertiary alicyclic amines) is 1. The minimum absolute atomic E-state index is 0.155. The average molecular weight is 440 g/mol. The van der Waals surface area contributed by atoms with E-state index in [1.54, 1.807) is 6.07 Å². The van der Waals surface area contributed by atoms with Gasteiger partial charge in [0.25, 0.3) is 0 Å². The minimum atomic E-state index is 0.155. The fraction of sp³-hybridized carbons (Fsp3) is 0.333. The van der Waals surface area contributed by atoms with E-state index < -0.39 is 0 Å². The zero-order chi connectivity index (χ0) is 22.6. The van der Waals surface area contributed by atoms with Gasteiger partial charge in [-0.3, -0.25) is 4.90 Å². The van der Waals surface area contributed by atoms with Gasteiger partial charge in [-0.05, 0) is 90.1 Å². The molecule has 1 aliphatic carbocycles. The molecule has 2 aliphatic rings. The van der Waals surface area contributed by atoms with Crippen LogP contribution >= 0.6 is 0 Å². The van der Waals surface area contributed by atoms with Gasteiger partial charge in [-0.1, -0.05) is 66.7 Å². The molecule has 1 saturated carbocycles. The molecule has 0 bridgehead atoms. The maximum atomic E-state index is 10.2. The predicted octanol–water partition coefficient (Wildman–Crippen LogP) is 6.08. The van der Waals surface area contributed by atoms with Gasteiger partial charge < -0.3 is 10.2 Å². The van der Waals surface area contributed by atoms with Crippen molar-refractivity contribution in [2.45, 2.75) is 44.1 Å². The summed E-state index contributed by atoms with van der Waals surface area (Å²) in [5.41, 5.74) is 7.06. The number of aliphatic hydroxyl groups is 1. The first-order chi connectivity index (χ1) is 16.2. The van der Waals surface area contributed by atoms with E-state index in [4.69, 9.17) is 0 Å². The predicted molar refractivity (Wildman–Crippen MR) is 135 cm³/mol. The van der Waals surface area contributed by atoms with Crippen molar-refractivity contribution in [1.82, 2.24) is 4.90 Å². The van der Waals surface area contributed by atoms with Crippen LogP contribution in [0.25, 0.3) is 11.1 Å². The number of hydrogen-bond acceptors (Lipinski definition) is 3. The minimum Gasteiger partial charge on any atom is -0.508 e. The number of phenols is 1. The van der Waals surface area contributed by atoms with E-state index in [-0.39, 0.29) is 12.4 Å². The summed E-state index contributed by atoms with van der Waals surface area (Å²) in [4.78, 5) is 2.67. The first-order valence-electron chi connectivity index (χ1n) is 12.3. The van der Waals surface area contributed by atoms with Crippen LogP contribution in [0, 0.1) is 0 Å². The Labute approximate surface area is 197 Å². The number of benzene rings is 3. The molecule has 3 aromatic carbocycles. The van der Waals surface area contributed by atoms with E-state index >= 15 is 0 Å². The maximum Gasteiger partial charge on any atom is 0.116 e. The molecule has 2 fully saturated rings. The Morgan fingerprint density at radius 1 is 0.818 bits per heavy atom. The molecule has 1 saturated heterocycles. The molecule has 2 N–H and O–H groups in total. The van der Waals surface area contributed by atoms with E-state index in [1.165, 1.54) is 43.5 Å². The van der Waals surface area contributed by atoms with E-state index in [9.17, 15) is 10.2 Å². The van der Waals surface area contributed by atoms with Gasteiger partial charge in [0.15, 0.2) is 0 Å². The quantitative estimate of drug-likeness (QED) is 0.418. The smallest absolute Gasteiger partial charge is 0.116 e. The third-order valence-corrected chi connectivity index (χ3v) is 7.10. The highest BCUT2D eigenvalue weighted by Crippen LogP contribution is 2.38. The Morgan fingerprint density at radius 2 is 1.58 bits per heavy atom. The van der Waals surface area contributed by atoms with Gasteiger partial charge in [-0.25, -0.2) is 0 Å². The summed E-state index contributed by atoms with van der Waals surface area (Å²) in [6, 6.07) is 27.9. The SMILES string of the molecule is OCCCC(=C(c1ccc(C2CCN(C3CC3)C2)cc1)c1cccc(O)c1)c1ccccc1. The van der Waals surface area contributed by atoms with Gasteiger partial charge in [0, 0.05) is 19.2 Å². The number of aliphatic hydroxyl groups excluding tert-OH is 1. The molecule has 3 nitrogen and oxygen atoms in total. The summed E-state index contributed by atoms with van der Waals surface area (Å²) in [6.45, 7) is 2.57. The lowest BCUT2D eigenvalue weighted by Crippen LogP contribution is -2.22. The Bertz CT molecular complexity index is 1100. The number of allylic oxidation sites excluding steroid dienone is 1. The van der Waals surface area contributed by atoms with Crippen LogP contribution in [0.5, 0.6) is 5.75 Å². The van der Waals surface area contributed by atoms with E-state index in [0.717, 1.165) is 34.7 Å². The van der Waals surface area contributed by atoms with Gasteiger partial charge in [0.1, 0.15) is 5.75 Å². The molecule has 33 heavy (non-hydrogen) atoms. The van der Waals surface area contributed by atoms with E-state index in [1.807, 2.05) is 18.2 Å².